The Morgan fingerprint density at radius 1 is 1.57 bits per heavy atom. The molecule has 1 aromatic rings. The number of thiophene rings is 1. The van der Waals surface area contributed by atoms with Crippen molar-refractivity contribution in [3.63, 3.8) is 0 Å². The first-order valence-electron chi connectivity index (χ1n) is 4.34. The maximum Gasteiger partial charge on any atom is 0.166 e. The van der Waals surface area contributed by atoms with E-state index in [0.717, 1.165) is 13.1 Å². The Morgan fingerprint density at radius 3 is 3.07 bits per heavy atom. The van der Waals surface area contributed by atoms with Crippen LogP contribution in [0.2, 0.25) is 0 Å². The molecule has 0 aliphatic rings. The van der Waals surface area contributed by atoms with Gasteiger partial charge < -0.3 is 15.4 Å². The second-order valence-corrected chi connectivity index (χ2v) is 3.92. The zero-order valence-corrected chi connectivity index (χ0v) is 9.71. The summed E-state index contributed by atoms with van der Waals surface area (Å²) < 4.78 is 4.89. The summed E-state index contributed by atoms with van der Waals surface area (Å²) in [7, 11) is 1.67. The van der Waals surface area contributed by atoms with Gasteiger partial charge in [-0.2, -0.15) is 11.3 Å². The van der Waals surface area contributed by atoms with Gasteiger partial charge in [0, 0.05) is 20.2 Å². The Bertz CT molecular complexity index is 262. The lowest BCUT2D eigenvalue weighted by molar-refractivity contribution is 0.204. The first-order valence-corrected chi connectivity index (χ1v) is 5.69. The van der Waals surface area contributed by atoms with E-state index < -0.39 is 0 Å². The van der Waals surface area contributed by atoms with Crippen LogP contribution in [0.3, 0.4) is 0 Å². The van der Waals surface area contributed by atoms with Crippen LogP contribution in [0.15, 0.2) is 16.8 Å². The number of ether oxygens (including phenoxy) is 1. The summed E-state index contributed by atoms with van der Waals surface area (Å²) in [5, 5.41) is 11.0. The lowest BCUT2D eigenvalue weighted by Crippen LogP contribution is -2.36. The van der Waals surface area contributed by atoms with Gasteiger partial charge in [0.2, 0.25) is 0 Å². The van der Waals surface area contributed by atoms with Gasteiger partial charge in [0.05, 0.1) is 6.61 Å². The molecule has 5 heteroatoms. The predicted octanol–water partition coefficient (Wildman–Crippen LogP) is 1.36. The quantitative estimate of drug-likeness (QED) is 0.591. The van der Waals surface area contributed by atoms with Crippen LogP contribution in [0.4, 0.5) is 0 Å². The molecule has 0 spiro atoms. The first kappa shape index (κ1) is 11.4. The molecule has 0 unspecified atom stereocenters. The van der Waals surface area contributed by atoms with Crippen molar-refractivity contribution in [1.29, 1.82) is 0 Å². The molecule has 14 heavy (non-hydrogen) atoms. The van der Waals surface area contributed by atoms with Crippen molar-refractivity contribution in [1.82, 2.24) is 10.6 Å². The molecular formula is C9H14N2OS2. The van der Waals surface area contributed by atoms with Gasteiger partial charge >= 0.3 is 0 Å². The van der Waals surface area contributed by atoms with Gasteiger partial charge in [-0.05, 0) is 34.6 Å². The number of methoxy groups -OCH3 is 1. The summed E-state index contributed by atoms with van der Waals surface area (Å²) in [6, 6.07) is 2.08. The third-order valence-electron chi connectivity index (χ3n) is 1.62. The second kappa shape index (κ2) is 6.75. The molecule has 0 amide bonds. The van der Waals surface area contributed by atoms with Crippen molar-refractivity contribution in [3.05, 3.63) is 22.4 Å². The maximum atomic E-state index is 5.07. The minimum Gasteiger partial charge on any atom is -0.383 e. The molecule has 0 fully saturated rings. The number of rotatable bonds is 5. The highest BCUT2D eigenvalue weighted by molar-refractivity contribution is 7.80. The third-order valence-corrected chi connectivity index (χ3v) is 2.65. The third kappa shape index (κ3) is 4.55. The molecule has 0 atom stereocenters. The fourth-order valence-electron chi connectivity index (χ4n) is 0.905. The van der Waals surface area contributed by atoms with Gasteiger partial charge in [0.1, 0.15) is 0 Å². The molecule has 0 bridgehead atoms. The molecule has 3 nitrogen and oxygen atoms in total. The molecule has 0 saturated heterocycles. The number of thiocarbonyl (C=S) groups is 1. The van der Waals surface area contributed by atoms with Crippen LogP contribution in [0.25, 0.3) is 0 Å². The molecule has 0 aliphatic carbocycles. The Morgan fingerprint density at radius 2 is 2.43 bits per heavy atom. The van der Waals surface area contributed by atoms with E-state index in [1.807, 2.05) is 0 Å². The van der Waals surface area contributed by atoms with E-state index in [0.29, 0.717) is 11.7 Å². The van der Waals surface area contributed by atoms with E-state index in [-0.39, 0.29) is 0 Å². The van der Waals surface area contributed by atoms with Gasteiger partial charge in [0.25, 0.3) is 0 Å². The van der Waals surface area contributed by atoms with E-state index in [4.69, 9.17) is 17.0 Å². The molecule has 78 valence electrons. The second-order valence-electron chi connectivity index (χ2n) is 2.73. The first-order chi connectivity index (χ1) is 6.83. The molecule has 1 aromatic heterocycles. The lowest BCUT2D eigenvalue weighted by atomic mass is 10.3. The number of hydrogen-bond donors (Lipinski definition) is 2. The topological polar surface area (TPSA) is 33.3 Å². The van der Waals surface area contributed by atoms with E-state index in [1.54, 1.807) is 18.4 Å². The van der Waals surface area contributed by atoms with Crippen LogP contribution in [-0.4, -0.2) is 25.4 Å². The van der Waals surface area contributed by atoms with E-state index in [2.05, 4.69) is 27.5 Å². The van der Waals surface area contributed by atoms with Crippen LogP contribution < -0.4 is 10.6 Å². The summed E-state index contributed by atoms with van der Waals surface area (Å²) in [6.07, 6.45) is 0. The molecule has 0 saturated carbocycles. The fourth-order valence-corrected chi connectivity index (χ4v) is 1.75. The summed E-state index contributed by atoms with van der Waals surface area (Å²) >= 11 is 6.76. The predicted molar refractivity (Wildman–Crippen MR) is 63.6 cm³/mol. The van der Waals surface area contributed by atoms with Gasteiger partial charge in [0.15, 0.2) is 5.11 Å². The highest BCUT2D eigenvalue weighted by atomic mass is 32.1. The SMILES string of the molecule is COCCNC(=S)NCc1ccsc1. The summed E-state index contributed by atoms with van der Waals surface area (Å²) in [6.45, 7) is 2.19. The molecule has 1 heterocycles. The average molecular weight is 230 g/mol. The zero-order valence-electron chi connectivity index (χ0n) is 8.08. The van der Waals surface area contributed by atoms with E-state index in [1.165, 1.54) is 5.56 Å². The Kier molecular flexibility index (Phi) is 5.51. The largest absolute Gasteiger partial charge is 0.383 e. The minimum atomic E-state index is 0.667. The van der Waals surface area contributed by atoms with E-state index >= 15 is 0 Å². The van der Waals surface area contributed by atoms with Crippen molar-refractivity contribution in [2.75, 3.05) is 20.3 Å². The zero-order chi connectivity index (χ0) is 10.2. The average Bonchev–Trinajstić information content (AvgIpc) is 2.68. The Balaban J connectivity index is 2.09. The van der Waals surface area contributed by atoms with Crippen LogP contribution >= 0.6 is 23.6 Å². The smallest absolute Gasteiger partial charge is 0.166 e. The molecular weight excluding hydrogens is 216 g/mol. The number of nitrogens with one attached hydrogen (secondary N) is 2. The summed E-state index contributed by atoms with van der Waals surface area (Å²) in [4.78, 5) is 0. The van der Waals surface area contributed by atoms with E-state index in [9.17, 15) is 0 Å². The maximum absolute atomic E-state index is 5.07. The molecule has 1 rings (SSSR count). The van der Waals surface area contributed by atoms with Crippen molar-refractivity contribution < 1.29 is 4.74 Å². The van der Waals surface area contributed by atoms with Crippen molar-refractivity contribution in [3.8, 4) is 0 Å². The van der Waals surface area contributed by atoms with Gasteiger partial charge in [-0.15, -0.1) is 0 Å². The molecule has 0 aromatic carbocycles. The summed E-state index contributed by atoms with van der Waals surface area (Å²) in [5.41, 5.74) is 1.26. The van der Waals surface area contributed by atoms with Crippen molar-refractivity contribution in [2.45, 2.75) is 6.54 Å². The molecule has 0 radical (unpaired) electrons. The highest BCUT2D eigenvalue weighted by Gasteiger charge is 1.95. The molecule has 2 N–H and O–H groups in total. The Labute approximate surface area is 93.5 Å². The van der Waals surface area contributed by atoms with Crippen LogP contribution in [0, 0.1) is 0 Å². The van der Waals surface area contributed by atoms with Crippen molar-refractivity contribution in [2.24, 2.45) is 0 Å². The monoisotopic (exact) mass is 230 g/mol. The van der Waals surface area contributed by atoms with Gasteiger partial charge in [-0.25, -0.2) is 0 Å². The minimum absolute atomic E-state index is 0.667. The normalized spacial score (nSPS) is 9.79. The van der Waals surface area contributed by atoms with Crippen LogP contribution in [0.5, 0.6) is 0 Å². The van der Waals surface area contributed by atoms with Crippen LogP contribution in [-0.2, 0) is 11.3 Å². The Hall–Kier alpha value is -0.650. The lowest BCUT2D eigenvalue weighted by Gasteiger charge is -2.08. The van der Waals surface area contributed by atoms with Crippen LogP contribution in [0.1, 0.15) is 5.56 Å². The van der Waals surface area contributed by atoms with Gasteiger partial charge in [-0.3, -0.25) is 0 Å². The summed E-state index contributed by atoms with van der Waals surface area (Å²) in [5.74, 6) is 0. The number of hydrogen-bond acceptors (Lipinski definition) is 3. The fraction of sp³-hybridized carbons (Fsp3) is 0.444. The standard InChI is InChI=1S/C9H14N2OS2/c1-12-4-3-10-9(13)11-6-8-2-5-14-7-8/h2,5,7H,3-4,6H2,1H3,(H2,10,11,13). The van der Waals surface area contributed by atoms with Crippen molar-refractivity contribution >= 4 is 28.7 Å². The van der Waals surface area contributed by atoms with Gasteiger partial charge in [-0.1, -0.05) is 0 Å². The molecule has 0 aliphatic heterocycles. The highest BCUT2D eigenvalue weighted by Crippen LogP contribution is 2.04.